The van der Waals surface area contributed by atoms with Crippen LogP contribution in [-0.2, 0) is 16.8 Å². The average molecular weight is 454 g/mol. The number of amides is 2. The van der Waals surface area contributed by atoms with Crippen LogP contribution >= 0.6 is 11.3 Å². The van der Waals surface area contributed by atoms with Gasteiger partial charge in [0.25, 0.3) is 5.91 Å². The highest BCUT2D eigenvalue weighted by Gasteiger charge is 2.16. The number of nitrogens with zero attached hydrogens (tertiary/aromatic N) is 3. The van der Waals surface area contributed by atoms with Crippen LogP contribution in [0.25, 0.3) is 11.4 Å². The number of aryl methyl sites for hydroxylation is 2. The van der Waals surface area contributed by atoms with Crippen molar-refractivity contribution >= 4 is 28.3 Å². The van der Waals surface area contributed by atoms with E-state index in [-0.39, 0.29) is 23.9 Å². The molecule has 8 heteroatoms. The van der Waals surface area contributed by atoms with Crippen LogP contribution in [0.5, 0.6) is 0 Å². The molecule has 3 heterocycles. The van der Waals surface area contributed by atoms with Gasteiger partial charge in [0, 0.05) is 29.0 Å². The Labute approximate surface area is 193 Å². The van der Waals surface area contributed by atoms with Gasteiger partial charge in [-0.3, -0.25) is 14.6 Å². The summed E-state index contributed by atoms with van der Waals surface area (Å²) in [6.07, 6.45) is 6.97. The van der Waals surface area contributed by atoms with Gasteiger partial charge in [-0.2, -0.15) is 0 Å². The second kappa shape index (κ2) is 10.1. The summed E-state index contributed by atoms with van der Waals surface area (Å²) in [7, 11) is 0. The molecular formula is C24H31N5O2S. The van der Waals surface area contributed by atoms with Gasteiger partial charge >= 0.3 is 0 Å². The van der Waals surface area contributed by atoms with Gasteiger partial charge in [-0.25, -0.2) is 4.98 Å². The fourth-order valence-corrected chi connectivity index (χ4v) is 3.91. The Hall–Kier alpha value is -3.00. The number of thiazole rings is 1. The molecule has 0 aliphatic rings. The first-order valence-corrected chi connectivity index (χ1v) is 11.7. The summed E-state index contributed by atoms with van der Waals surface area (Å²) in [6.45, 7) is 10.2. The zero-order valence-electron chi connectivity index (χ0n) is 19.4. The molecule has 0 spiro atoms. The number of carbonyl (C=O) groups excluding carboxylic acids is 2. The predicted molar refractivity (Wildman–Crippen MR) is 129 cm³/mol. The second-order valence-electron chi connectivity index (χ2n) is 8.79. The van der Waals surface area contributed by atoms with Crippen molar-refractivity contribution in [2.75, 3.05) is 11.9 Å². The van der Waals surface area contributed by atoms with Crippen molar-refractivity contribution in [3.05, 3.63) is 52.8 Å². The Morgan fingerprint density at radius 3 is 2.56 bits per heavy atom. The Kier molecular flexibility index (Phi) is 7.45. The fourth-order valence-electron chi connectivity index (χ4n) is 3.19. The lowest BCUT2D eigenvalue weighted by atomic mass is 10.1. The van der Waals surface area contributed by atoms with Crippen molar-refractivity contribution in [2.24, 2.45) is 0 Å². The zero-order chi connectivity index (χ0) is 23.3. The summed E-state index contributed by atoms with van der Waals surface area (Å²) in [5, 5.41) is 7.75. The zero-order valence-corrected chi connectivity index (χ0v) is 20.2. The third-order valence-corrected chi connectivity index (χ3v) is 5.90. The third-order valence-electron chi connectivity index (χ3n) is 5.15. The molecule has 3 aromatic rings. The Balaban J connectivity index is 1.55. The lowest BCUT2D eigenvalue weighted by Crippen LogP contribution is -2.32. The topological polar surface area (TPSA) is 88.9 Å². The minimum atomic E-state index is -0.325. The van der Waals surface area contributed by atoms with E-state index in [4.69, 9.17) is 0 Å². The normalized spacial score (nSPS) is 11.4. The molecule has 0 fully saturated rings. The van der Waals surface area contributed by atoms with Crippen LogP contribution in [0.4, 0.5) is 5.13 Å². The van der Waals surface area contributed by atoms with Gasteiger partial charge in [-0.05, 0) is 58.2 Å². The first-order valence-electron chi connectivity index (χ1n) is 10.9. The van der Waals surface area contributed by atoms with Crippen LogP contribution in [-0.4, -0.2) is 32.9 Å². The molecule has 0 aliphatic carbocycles. The number of unbranched alkanes of at least 4 members (excludes halogenated alkanes) is 1. The summed E-state index contributed by atoms with van der Waals surface area (Å²) in [5.41, 5.74) is 4.19. The molecule has 7 nitrogen and oxygen atoms in total. The third kappa shape index (κ3) is 6.03. The first-order chi connectivity index (χ1) is 15.2. The van der Waals surface area contributed by atoms with Gasteiger partial charge in [0.15, 0.2) is 5.13 Å². The van der Waals surface area contributed by atoms with E-state index < -0.39 is 0 Å². The molecule has 2 amide bonds. The lowest BCUT2D eigenvalue weighted by Gasteiger charge is -2.20. The van der Waals surface area contributed by atoms with Crippen molar-refractivity contribution in [3.8, 4) is 11.4 Å². The number of pyridine rings is 1. The first kappa shape index (κ1) is 23.7. The SMILES string of the molecule is CCCCc1ccc(-c2csc(NC(=O)CNC(=O)c3ccn(C(C)(C)C)c3)n2)nc1C. The number of aromatic nitrogens is 3. The summed E-state index contributed by atoms with van der Waals surface area (Å²) >= 11 is 1.33. The number of hydrogen-bond acceptors (Lipinski definition) is 5. The number of anilines is 1. The molecule has 0 aliphatic heterocycles. The van der Waals surface area contributed by atoms with Crippen molar-refractivity contribution in [3.63, 3.8) is 0 Å². The summed E-state index contributed by atoms with van der Waals surface area (Å²) in [5.74, 6) is -0.612. The van der Waals surface area contributed by atoms with Crippen LogP contribution in [0.15, 0.2) is 36.0 Å². The minimum Gasteiger partial charge on any atom is -0.348 e. The predicted octanol–water partition coefficient (Wildman–Crippen LogP) is 4.78. The molecule has 0 saturated heterocycles. The maximum Gasteiger partial charge on any atom is 0.253 e. The standard InChI is InChI=1S/C24H31N5O2S/c1-6-7-8-17-9-10-19(26-16(17)2)20-15-32-23(27-20)28-21(30)13-25-22(31)18-11-12-29(14-18)24(3,4)5/h9-12,14-15H,6-8,13H2,1-5H3,(H,25,31)(H,27,28,30). The number of nitrogens with one attached hydrogen (secondary N) is 2. The van der Waals surface area contributed by atoms with Gasteiger partial charge in [-0.1, -0.05) is 19.4 Å². The van der Waals surface area contributed by atoms with E-state index in [0.29, 0.717) is 10.7 Å². The van der Waals surface area contributed by atoms with Gasteiger partial charge in [-0.15, -0.1) is 11.3 Å². The number of hydrogen-bond donors (Lipinski definition) is 2. The minimum absolute atomic E-state index is 0.109. The summed E-state index contributed by atoms with van der Waals surface area (Å²) in [6, 6.07) is 5.82. The van der Waals surface area contributed by atoms with Gasteiger partial charge in [0.05, 0.1) is 17.8 Å². The largest absolute Gasteiger partial charge is 0.348 e. The molecule has 0 atom stereocenters. The molecule has 3 rings (SSSR count). The van der Waals surface area contributed by atoms with E-state index in [1.54, 1.807) is 12.3 Å². The molecule has 0 radical (unpaired) electrons. The Morgan fingerprint density at radius 2 is 1.91 bits per heavy atom. The highest BCUT2D eigenvalue weighted by Crippen LogP contribution is 2.25. The van der Waals surface area contributed by atoms with Crippen LogP contribution < -0.4 is 10.6 Å². The number of rotatable bonds is 8. The van der Waals surface area contributed by atoms with E-state index in [9.17, 15) is 9.59 Å². The molecule has 2 N–H and O–H groups in total. The van der Waals surface area contributed by atoms with Crippen molar-refractivity contribution in [1.82, 2.24) is 19.9 Å². The molecule has 32 heavy (non-hydrogen) atoms. The van der Waals surface area contributed by atoms with Gasteiger partial charge in [0.1, 0.15) is 5.69 Å². The molecule has 170 valence electrons. The van der Waals surface area contributed by atoms with Crippen molar-refractivity contribution in [1.29, 1.82) is 0 Å². The molecule has 0 saturated carbocycles. The van der Waals surface area contributed by atoms with E-state index in [1.165, 1.54) is 16.9 Å². The van der Waals surface area contributed by atoms with Gasteiger partial charge < -0.3 is 15.2 Å². The monoisotopic (exact) mass is 453 g/mol. The highest BCUT2D eigenvalue weighted by atomic mass is 32.1. The summed E-state index contributed by atoms with van der Waals surface area (Å²) in [4.78, 5) is 33.8. The second-order valence-corrected chi connectivity index (χ2v) is 9.65. The maximum atomic E-state index is 12.3. The lowest BCUT2D eigenvalue weighted by molar-refractivity contribution is -0.115. The molecule has 0 unspecified atom stereocenters. The summed E-state index contributed by atoms with van der Waals surface area (Å²) < 4.78 is 1.96. The Bertz CT molecular complexity index is 1090. The smallest absolute Gasteiger partial charge is 0.253 e. The van der Waals surface area contributed by atoms with E-state index in [2.05, 4.69) is 54.4 Å². The van der Waals surface area contributed by atoms with E-state index in [1.807, 2.05) is 29.1 Å². The maximum absolute atomic E-state index is 12.3. The molecule has 3 aromatic heterocycles. The van der Waals surface area contributed by atoms with Crippen LogP contribution in [0.1, 0.15) is 62.2 Å². The highest BCUT2D eigenvalue weighted by molar-refractivity contribution is 7.14. The van der Waals surface area contributed by atoms with Crippen LogP contribution in [0.2, 0.25) is 0 Å². The number of carbonyl (C=O) groups is 2. The van der Waals surface area contributed by atoms with E-state index in [0.717, 1.165) is 36.3 Å². The Morgan fingerprint density at radius 1 is 1.12 bits per heavy atom. The fraction of sp³-hybridized carbons (Fsp3) is 0.417. The quantitative estimate of drug-likeness (QED) is 0.514. The molecule has 0 bridgehead atoms. The molecule has 0 aromatic carbocycles. The molecular weight excluding hydrogens is 422 g/mol. The van der Waals surface area contributed by atoms with Crippen LogP contribution in [0, 0.1) is 6.92 Å². The van der Waals surface area contributed by atoms with E-state index >= 15 is 0 Å². The van der Waals surface area contributed by atoms with Crippen molar-refractivity contribution in [2.45, 2.75) is 59.4 Å². The van der Waals surface area contributed by atoms with Crippen LogP contribution in [0.3, 0.4) is 0 Å². The average Bonchev–Trinajstić information content (AvgIpc) is 3.41. The van der Waals surface area contributed by atoms with Crippen molar-refractivity contribution < 1.29 is 9.59 Å². The van der Waals surface area contributed by atoms with Gasteiger partial charge in [0.2, 0.25) is 5.91 Å².